The largest absolute Gasteiger partial charge is 0.439 e. The van der Waals surface area contributed by atoms with Crippen molar-refractivity contribution in [1.82, 2.24) is 4.57 Å². The van der Waals surface area contributed by atoms with Crippen LogP contribution in [0.4, 0.5) is 0 Å². The minimum Gasteiger partial charge on any atom is -0.439 e. The van der Waals surface area contributed by atoms with Gasteiger partial charge in [0.1, 0.15) is 5.58 Å². The van der Waals surface area contributed by atoms with Crippen LogP contribution in [-0.2, 0) is 0 Å². The minimum absolute atomic E-state index is 0.928. The van der Waals surface area contributed by atoms with Crippen molar-refractivity contribution in [2.24, 2.45) is 0 Å². The molecule has 122 valence electrons. The molecular weight excluding hydrogens is 306 g/mol. The molecule has 0 aliphatic heterocycles. The van der Waals surface area contributed by atoms with Crippen LogP contribution >= 0.6 is 0 Å². The van der Waals surface area contributed by atoms with Crippen LogP contribution in [0.15, 0.2) is 65.1 Å². The van der Waals surface area contributed by atoms with Crippen LogP contribution in [0.1, 0.15) is 16.7 Å². The first-order valence-electron chi connectivity index (χ1n) is 8.64. The molecule has 2 heteroatoms. The zero-order chi connectivity index (χ0) is 17.1. The third-order valence-corrected chi connectivity index (χ3v) is 5.05. The number of nitrogens with zero attached hydrogens (tertiary/aromatic N) is 1. The molecule has 0 saturated heterocycles. The molecule has 0 unspecified atom stereocenters. The predicted molar refractivity (Wildman–Crippen MR) is 105 cm³/mol. The highest BCUT2D eigenvalue weighted by atomic mass is 16.3. The minimum atomic E-state index is 0.928. The van der Waals surface area contributed by atoms with Crippen molar-refractivity contribution in [3.05, 3.63) is 77.4 Å². The number of aromatic nitrogens is 1. The second-order valence-corrected chi connectivity index (χ2v) is 6.88. The zero-order valence-electron chi connectivity index (χ0n) is 14.6. The van der Waals surface area contributed by atoms with Gasteiger partial charge in [-0.05, 0) is 44.0 Å². The summed E-state index contributed by atoms with van der Waals surface area (Å²) in [6.45, 7) is 6.51. The molecule has 0 spiro atoms. The maximum atomic E-state index is 6.33. The Morgan fingerprint density at radius 2 is 1.40 bits per heavy atom. The summed E-state index contributed by atoms with van der Waals surface area (Å²) in [7, 11) is 0. The van der Waals surface area contributed by atoms with E-state index in [4.69, 9.17) is 4.42 Å². The van der Waals surface area contributed by atoms with E-state index in [9.17, 15) is 0 Å². The molecule has 3 aromatic carbocycles. The number of para-hydroxylation sites is 2. The van der Waals surface area contributed by atoms with Crippen molar-refractivity contribution < 1.29 is 4.42 Å². The van der Waals surface area contributed by atoms with Gasteiger partial charge in [0, 0.05) is 10.8 Å². The fraction of sp³-hybridized carbons (Fsp3) is 0.130. The van der Waals surface area contributed by atoms with Crippen molar-refractivity contribution in [3.63, 3.8) is 0 Å². The fourth-order valence-corrected chi connectivity index (χ4v) is 4.19. The normalized spacial score (nSPS) is 11.8. The van der Waals surface area contributed by atoms with Crippen LogP contribution in [0.3, 0.4) is 0 Å². The van der Waals surface area contributed by atoms with Crippen molar-refractivity contribution >= 4 is 33.0 Å². The summed E-state index contributed by atoms with van der Waals surface area (Å²) in [5.74, 6) is 0. The lowest BCUT2D eigenvalue weighted by atomic mass is 10.0. The van der Waals surface area contributed by atoms with Crippen LogP contribution in [-0.4, -0.2) is 4.57 Å². The van der Waals surface area contributed by atoms with E-state index in [2.05, 4.69) is 73.9 Å². The Hall–Kier alpha value is -3.00. The van der Waals surface area contributed by atoms with Gasteiger partial charge in [-0.1, -0.05) is 54.1 Å². The highest BCUT2D eigenvalue weighted by molar-refractivity contribution is 6.19. The van der Waals surface area contributed by atoms with E-state index >= 15 is 0 Å². The molecule has 5 aromatic rings. The van der Waals surface area contributed by atoms with Gasteiger partial charge in [-0.2, -0.15) is 0 Å². The Morgan fingerprint density at radius 3 is 2.16 bits per heavy atom. The number of benzene rings is 3. The summed E-state index contributed by atoms with van der Waals surface area (Å²) in [6.07, 6.45) is 0. The smallest absolute Gasteiger partial charge is 0.213 e. The van der Waals surface area contributed by atoms with Crippen LogP contribution in [0.2, 0.25) is 0 Å². The first-order valence-corrected chi connectivity index (χ1v) is 8.64. The maximum Gasteiger partial charge on any atom is 0.213 e. The highest BCUT2D eigenvalue weighted by Gasteiger charge is 2.20. The van der Waals surface area contributed by atoms with Crippen molar-refractivity contribution in [1.29, 1.82) is 0 Å². The monoisotopic (exact) mass is 325 g/mol. The highest BCUT2D eigenvalue weighted by Crippen LogP contribution is 2.40. The lowest BCUT2D eigenvalue weighted by Crippen LogP contribution is -2.00. The van der Waals surface area contributed by atoms with Gasteiger partial charge in [-0.3, -0.25) is 4.57 Å². The molecule has 0 radical (unpaired) electrons. The summed E-state index contributed by atoms with van der Waals surface area (Å²) in [5.41, 5.74) is 8.09. The Labute approximate surface area is 146 Å². The SMILES string of the molecule is Cc1cc(C)c(-n2c3ccccc3c3c4ccccc4oc32)c(C)c1. The molecule has 5 rings (SSSR count). The van der Waals surface area contributed by atoms with Crippen LogP contribution in [0.25, 0.3) is 38.7 Å². The first-order chi connectivity index (χ1) is 12.1. The summed E-state index contributed by atoms with van der Waals surface area (Å²) in [4.78, 5) is 0. The molecule has 0 atom stereocenters. The molecule has 0 aliphatic rings. The van der Waals surface area contributed by atoms with E-state index < -0.39 is 0 Å². The standard InChI is InChI=1S/C23H19NO/c1-14-12-15(2)22(16(3)13-14)24-19-10-6-4-8-17(19)21-18-9-5-7-11-20(18)25-23(21)24/h4-13H,1-3H3. The molecule has 0 N–H and O–H groups in total. The van der Waals surface area contributed by atoms with Gasteiger partial charge in [0.05, 0.1) is 16.6 Å². The maximum absolute atomic E-state index is 6.33. The number of aryl methyl sites for hydroxylation is 3. The van der Waals surface area contributed by atoms with Crippen molar-refractivity contribution in [3.8, 4) is 5.69 Å². The molecule has 0 saturated carbocycles. The Bertz CT molecular complexity index is 1250. The van der Waals surface area contributed by atoms with Gasteiger partial charge in [0.25, 0.3) is 0 Å². The third-order valence-electron chi connectivity index (χ3n) is 5.05. The second-order valence-electron chi connectivity index (χ2n) is 6.88. The van der Waals surface area contributed by atoms with Gasteiger partial charge in [-0.25, -0.2) is 0 Å². The van der Waals surface area contributed by atoms with Crippen LogP contribution < -0.4 is 0 Å². The Balaban J connectivity index is 2.05. The average molecular weight is 325 g/mol. The molecule has 2 heterocycles. The van der Waals surface area contributed by atoms with E-state index in [-0.39, 0.29) is 0 Å². The van der Waals surface area contributed by atoms with Crippen molar-refractivity contribution in [2.45, 2.75) is 20.8 Å². The topological polar surface area (TPSA) is 18.1 Å². The summed E-state index contributed by atoms with van der Waals surface area (Å²) < 4.78 is 8.61. The molecule has 0 bridgehead atoms. The molecule has 2 aromatic heterocycles. The fourth-order valence-electron chi connectivity index (χ4n) is 4.19. The quantitative estimate of drug-likeness (QED) is 0.346. The van der Waals surface area contributed by atoms with Crippen LogP contribution in [0, 0.1) is 20.8 Å². The summed E-state index contributed by atoms with van der Waals surface area (Å²) in [5, 5.41) is 3.61. The number of hydrogen-bond acceptors (Lipinski definition) is 1. The predicted octanol–water partition coefficient (Wildman–Crippen LogP) is 6.46. The number of fused-ring (bicyclic) bond motifs is 5. The first kappa shape index (κ1) is 14.4. The average Bonchev–Trinajstić information content (AvgIpc) is 3.10. The number of hydrogen-bond donors (Lipinski definition) is 0. The van der Waals surface area contributed by atoms with E-state index in [1.54, 1.807) is 0 Å². The zero-order valence-corrected chi connectivity index (χ0v) is 14.6. The molecule has 0 aliphatic carbocycles. The van der Waals surface area contributed by atoms with Gasteiger partial charge in [0.15, 0.2) is 0 Å². The number of rotatable bonds is 1. The molecule has 0 fully saturated rings. The molecular formula is C23H19NO. The van der Waals surface area contributed by atoms with Gasteiger partial charge < -0.3 is 4.42 Å². The Morgan fingerprint density at radius 1 is 0.760 bits per heavy atom. The second kappa shape index (κ2) is 5.00. The van der Waals surface area contributed by atoms with Crippen LogP contribution in [0.5, 0.6) is 0 Å². The van der Waals surface area contributed by atoms with Gasteiger partial charge in [-0.15, -0.1) is 0 Å². The lowest BCUT2D eigenvalue weighted by molar-refractivity contribution is 0.644. The van der Waals surface area contributed by atoms with E-state index in [1.807, 2.05) is 12.1 Å². The summed E-state index contributed by atoms with van der Waals surface area (Å²) in [6, 6.07) is 21.3. The lowest BCUT2D eigenvalue weighted by Gasteiger charge is -2.14. The molecule has 2 nitrogen and oxygen atoms in total. The van der Waals surface area contributed by atoms with Crippen molar-refractivity contribution in [2.75, 3.05) is 0 Å². The van der Waals surface area contributed by atoms with Gasteiger partial charge in [0.2, 0.25) is 5.71 Å². The molecule has 0 amide bonds. The van der Waals surface area contributed by atoms with E-state index in [0.717, 1.165) is 11.3 Å². The third kappa shape index (κ3) is 1.91. The number of furan rings is 1. The summed E-state index contributed by atoms with van der Waals surface area (Å²) >= 11 is 0. The Kier molecular flexibility index (Phi) is 2.87. The molecule has 25 heavy (non-hydrogen) atoms. The van der Waals surface area contributed by atoms with Gasteiger partial charge >= 0.3 is 0 Å². The van der Waals surface area contributed by atoms with E-state index in [0.29, 0.717) is 0 Å². The van der Waals surface area contributed by atoms with E-state index in [1.165, 1.54) is 44.1 Å².